The maximum absolute atomic E-state index is 12.8. The van der Waals surface area contributed by atoms with E-state index < -0.39 is 20.7 Å². The molecule has 4 fully saturated rings. The molecule has 4 aliphatic rings. The van der Waals surface area contributed by atoms with E-state index in [9.17, 15) is 13.2 Å². The normalized spacial score (nSPS) is 31.6. The number of likely N-dealkylation sites (tertiary alicyclic amines) is 1. The average molecular weight is 403 g/mol. The van der Waals surface area contributed by atoms with Gasteiger partial charge in [0.15, 0.2) is 9.84 Å². The third kappa shape index (κ3) is 4.48. The largest absolute Gasteiger partial charge is 0.381 e. The quantitative estimate of drug-likeness (QED) is 0.628. The van der Waals surface area contributed by atoms with Gasteiger partial charge in [-0.2, -0.15) is 0 Å². The van der Waals surface area contributed by atoms with Crippen LogP contribution in [-0.2, 0) is 28.8 Å². The van der Waals surface area contributed by atoms with E-state index in [1.54, 1.807) is 4.90 Å². The molecule has 4 heterocycles. The van der Waals surface area contributed by atoms with E-state index in [0.29, 0.717) is 45.2 Å². The summed E-state index contributed by atoms with van der Waals surface area (Å²) in [6.07, 6.45) is 2.39. The second-order valence-electron chi connectivity index (χ2n) is 8.35. The van der Waals surface area contributed by atoms with Gasteiger partial charge in [-0.3, -0.25) is 9.69 Å². The number of sulfone groups is 1. The summed E-state index contributed by atoms with van der Waals surface area (Å²) in [5, 5.41) is -0.479. The lowest BCUT2D eigenvalue weighted by Crippen LogP contribution is -2.71. The van der Waals surface area contributed by atoms with Crippen LogP contribution in [0.25, 0.3) is 0 Å². The van der Waals surface area contributed by atoms with Crippen molar-refractivity contribution in [3.05, 3.63) is 0 Å². The van der Waals surface area contributed by atoms with Crippen LogP contribution in [0.3, 0.4) is 0 Å². The van der Waals surface area contributed by atoms with Gasteiger partial charge >= 0.3 is 0 Å². The summed E-state index contributed by atoms with van der Waals surface area (Å²) in [5.74, 6) is 0.524. The molecule has 4 rings (SSSR count). The van der Waals surface area contributed by atoms with Crippen molar-refractivity contribution >= 4 is 15.7 Å². The summed E-state index contributed by atoms with van der Waals surface area (Å²) in [4.78, 5) is 16.4. The van der Waals surface area contributed by atoms with Crippen LogP contribution >= 0.6 is 0 Å². The van der Waals surface area contributed by atoms with Gasteiger partial charge in [-0.1, -0.05) is 0 Å². The maximum Gasteiger partial charge on any atom is 0.223 e. The Kier molecular flexibility index (Phi) is 5.76. The Balaban J connectivity index is 1.27. The molecule has 1 atom stereocenters. The summed E-state index contributed by atoms with van der Waals surface area (Å²) in [7, 11) is -3.23. The van der Waals surface area contributed by atoms with Gasteiger partial charge in [0.1, 0.15) is 5.60 Å². The van der Waals surface area contributed by atoms with Crippen LogP contribution in [-0.4, -0.2) is 106 Å². The summed E-state index contributed by atoms with van der Waals surface area (Å²) in [5.41, 5.74) is -0.689. The molecule has 1 spiro atoms. The Morgan fingerprint density at radius 2 is 1.70 bits per heavy atom. The van der Waals surface area contributed by atoms with Gasteiger partial charge in [0.2, 0.25) is 5.91 Å². The van der Waals surface area contributed by atoms with Gasteiger partial charge in [0, 0.05) is 39.3 Å². The maximum atomic E-state index is 12.8. The highest BCUT2D eigenvalue weighted by Crippen LogP contribution is 2.34. The molecular formula is C18H30N2O6S. The number of amides is 1. The Hall–Kier alpha value is -0.740. The highest BCUT2D eigenvalue weighted by molar-refractivity contribution is 7.92. The highest BCUT2D eigenvalue weighted by atomic mass is 32.2. The van der Waals surface area contributed by atoms with Crippen LogP contribution in [0.15, 0.2) is 0 Å². The first kappa shape index (κ1) is 19.6. The van der Waals surface area contributed by atoms with Crippen LogP contribution in [0, 0.1) is 5.92 Å². The molecule has 0 radical (unpaired) electrons. The zero-order chi connectivity index (χ0) is 18.9. The highest BCUT2D eigenvalue weighted by Gasteiger charge is 2.53. The monoisotopic (exact) mass is 402 g/mol. The van der Waals surface area contributed by atoms with Gasteiger partial charge in [-0.15, -0.1) is 0 Å². The number of nitrogens with zero attached hydrogens (tertiary/aromatic N) is 2. The molecule has 9 heteroatoms. The van der Waals surface area contributed by atoms with Crippen molar-refractivity contribution in [3.8, 4) is 0 Å². The minimum atomic E-state index is -3.23. The fourth-order valence-corrected chi connectivity index (χ4v) is 6.42. The number of morpholine rings is 1. The summed E-state index contributed by atoms with van der Waals surface area (Å²) >= 11 is 0. The van der Waals surface area contributed by atoms with Crippen molar-refractivity contribution in [2.24, 2.45) is 5.92 Å². The fraction of sp³-hybridized carbons (Fsp3) is 0.944. The van der Waals surface area contributed by atoms with Crippen molar-refractivity contribution in [1.29, 1.82) is 0 Å². The number of ether oxygens (including phenoxy) is 3. The SMILES string of the molecule is O=C(CC1CCOCC1)N1CC2(C1)CS(=O)(=O)[C@@H](CN1CCOCC1)CO2. The Bertz CT molecular complexity index is 636. The van der Waals surface area contributed by atoms with Crippen LogP contribution in [0.1, 0.15) is 19.3 Å². The van der Waals surface area contributed by atoms with Crippen molar-refractivity contribution in [3.63, 3.8) is 0 Å². The molecule has 27 heavy (non-hydrogen) atoms. The molecule has 4 saturated heterocycles. The van der Waals surface area contributed by atoms with Gasteiger partial charge in [-0.05, 0) is 18.8 Å². The third-order valence-corrected chi connectivity index (χ3v) is 8.46. The smallest absolute Gasteiger partial charge is 0.223 e. The van der Waals surface area contributed by atoms with Crippen LogP contribution in [0.5, 0.6) is 0 Å². The lowest BCUT2D eigenvalue weighted by Gasteiger charge is -2.52. The topological polar surface area (TPSA) is 85.4 Å². The first-order chi connectivity index (χ1) is 13.0. The van der Waals surface area contributed by atoms with Gasteiger partial charge in [-0.25, -0.2) is 8.42 Å². The number of carbonyl (C=O) groups excluding carboxylic acids is 1. The van der Waals surface area contributed by atoms with Crippen molar-refractivity contribution in [2.45, 2.75) is 30.1 Å². The zero-order valence-electron chi connectivity index (χ0n) is 15.8. The molecule has 0 aromatic heterocycles. The molecule has 4 aliphatic heterocycles. The van der Waals surface area contributed by atoms with Crippen LogP contribution < -0.4 is 0 Å². The minimum Gasteiger partial charge on any atom is -0.381 e. The second-order valence-corrected chi connectivity index (χ2v) is 10.6. The van der Waals surface area contributed by atoms with E-state index >= 15 is 0 Å². The van der Waals surface area contributed by atoms with Crippen LogP contribution in [0.4, 0.5) is 0 Å². The number of hydrogen-bond acceptors (Lipinski definition) is 7. The number of carbonyl (C=O) groups is 1. The standard InChI is InChI=1S/C18H30N2O6S/c21-17(9-15-1-5-24-6-2-15)20-12-18(13-20)14-27(22,23)16(11-26-18)10-19-3-7-25-8-4-19/h15-16H,1-14H2/t16-/m0/s1. The first-order valence-corrected chi connectivity index (χ1v) is 11.7. The van der Waals surface area contributed by atoms with Crippen molar-refractivity contribution in [2.75, 3.05) is 71.5 Å². The van der Waals surface area contributed by atoms with E-state index in [0.717, 1.165) is 39.1 Å². The molecule has 1 amide bonds. The van der Waals surface area contributed by atoms with Crippen molar-refractivity contribution in [1.82, 2.24) is 9.80 Å². The first-order valence-electron chi connectivity index (χ1n) is 9.97. The molecule has 0 bridgehead atoms. The Morgan fingerprint density at radius 3 is 2.37 bits per heavy atom. The number of hydrogen-bond donors (Lipinski definition) is 0. The van der Waals surface area contributed by atoms with E-state index in [1.165, 1.54) is 0 Å². The molecule has 0 aliphatic carbocycles. The molecule has 8 nitrogen and oxygen atoms in total. The minimum absolute atomic E-state index is 0.0239. The molecule has 0 unspecified atom stereocenters. The molecule has 0 saturated carbocycles. The van der Waals surface area contributed by atoms with Crippen LogP contribution in [0.2, 0.25) is 0 Å². The molecule has 0 N–H and O–H groups in total. The van der Waals surface area contributed by atoms with E-state index in [2.05, 4.69) is 4.90 Å². The second kappa shape index (κ2) is 7.94. The Morgan fingerprint density at radius 1 is 1.04 bits per heavy atom. The average Bonchev–Trinajstić information content (AvgIpc) is 2.63. The molecule has 0 aromatic rings. The fourth-order valence-electron chi connectivity index (χ4n) is 4.47. The zero-order valence-corrected chi connectivity index (χ0v) is 16.6. The predicted molar refractivity (Wildman–Crippen MR) is 98.3 cm³/mol. The van der Waals surface area contributed by atoms with Gasteiger partial charge < -0.3 is 19.1 Å². The molecule has 0 aromatic carbocycles. The summed E-state index contributed by atoms with van der Waals surface area (Å²) in [6, 6.07) is 0. The van der Waals surface area contributed by atoms with Crippen molar-refractivity contribution < 1.29 is 27.4 Å². The lowest BCUT2D eigenvalue weighted by atomic mass is 9.91. The summed E-state index contributed by atoms with van der Waals surface area (Å²) in [6.45, 7) is 5.84. The van der Waals surface area contributed by atoms with Gasteiger partial charge in [0.25, 0.3) is 0 Å². The van der Waals surface area contributed by atoms with E-state index in [1.807, 2.05) is 0 Å². The lowest BCUT2D eigenvalue weighted by molar-refractivity contribution is -0.166. The van der Waals surface area contributed by atoms with E-state index in [-0.39, 0.29) is 18.3 Å². The predicted octanol–water partition coefficient (Wildman–Crippen LogP) is -0.470. The Labute approximate surface area is 161 Å². The van der Waals surface area contributed by atoms with E-state index in [4.69, 9.17) is 14.2 Å². The third-order valence-electron chi connectivity index (χ3n) is 6.23. The molecule has 154 valence electrons. The van der Waals surface area contributed by atoms with Gasteiger partial charge in [0.05, 0.1) is 43.9 Å². The number of rotatable bonds is 4. The molecular weight excluding hydrogens is 372 g/mol. The summed E-state index contributed by atoms with van der Waals surface area (Å²) < 4.78 is 42.3.